The highest BCUT2D eigenvalue weighted by Crippen LogP contribution is 2.20. The van der Waals surface area contributed by atoms with Crippen LogP contribution in [0.4, 0.5) is 0 Å². The molecule has 0 saturated carbocycles. The molecule has 1 aromatic rings. The average Bonchev–Trinajstić information content (AvgIpc) is 2.37. The summed E-state index contributed by atoms with van der Waals surface area (Å²) >= 11 is 6.06. The molecule has 104 valence electrons. The molecular formula is C14H18ClNO3. The van der Waals surface area contributed by atoms with Gasteiger partial charge in [-0.3, -0.25) is 4.79 Å². The van der Waals surface area contributed by atoms with Crippen molar-refractivity contribution in [2.75, 3.05) is 0 Å². The Labute approximate surface area is 117 Å². The Balaban J connectivity index is 2.94. The van der Waals surface area contributed by atoms with Gasteiger partial charge in [-0.1, -0.05) is 44.0 Å². The van der Waals surface area contributed by atoms with E-state index in [1.54, 1.807) is 32.0 Å². The number of aryl methyl sites for hydroxylation is 1. The molecule has 0 fully saturated rings. The normalized spacial score (nSPS) is 13.7. The number of amides is 1. The molecule has 0 aromatic heterocycles. The third kappa shape index (κ3) is 3.70. The van der Waals surface area contributed by atoms with Crippen LogP contribution in [0.3, 0.4) is 0 Å². The van der Waals surface area contributed by atoms with E-state index in [0.29, 0.717) is 17.0 Å². The fraction of sp³-hybridized carbons (Fsp3) is 0.429. The number of rotatable bonds is 5. The fourth-order valence-corrected chi connectivity index (χ4v) is 1.94. The van der Waals surface area contributed by atoms with Crippen molar-refractivity contribution in [2.24, 2.45) is 5.92 Å². The molecule has 0 bridgehead atoms. The maximum absolute atomic E-state index is 12.1. The molecule has 1 aromatic carbocycles. The zero-order valence-corrected chi connectivity index (χ0v) is 12.0. The number of carbonyl (C=O) groups excluding carboxylic acids is 1. The molecule has 4 nitrogen and oxygen atoms in total. The van der Waals surface area contributed by atoms with Crippen LogP contribution in [0.25, 0.3) is 0 Å². The number of aliphatic carboxylic acids is 1. The summed E-state index contributed by atoms with van der Waals surface area (Å²) in [6, 6.07) is 4.19. The number of nitrogens with one attached hydrogen (secondary N) is 1. The maximum atomic E-state index is 12.1. The van der Waals surface area contributed by atoms with Gasteiger partial charge in [0.05, 0.1) is 10.6 Å². The van der Waals surface area contributed by atoms with Gasteiger partial charge in [0.25, 0.3) is 5.91 Å². The molecule has 0 aliphatic rings. The molecule has 2 atom stereocenters. The summed E-state index contributed by atoms with van der Waals surface area (Å²) in [5, 5.41) is 12.0. The van der Waals surface area contributed by atoms with Crippen LogP contribution in [0.5, 0.6) is 0 Å². The number of carbonyl (C=O) groups is 2. The van der Waals surface area contributed by atoms with Gasteiger partial charge >= 0.3 is 5.97 Å². The Morgan fingerprint density at radius 1 is 1.42 bits per heavy atom. The number of halogens is 1. The predicted octanol–water partition coefficient (Wildman–Crippen LogP) is 2.88. The largest absolute Gasteiger partial charge is 0.480 e. The molecular weight excluding hydrogens is 266 g/mol. The zero-order valence-electron chi connectivity index (χ0n) is 11.2. The third-order valence-electron chi connectivity index (χ3n) is 3.20. The highest BCUT2D eigenvalue weighted by molar-refractivity contribution is 6.34. The van der Waals surface area contributed by atoms with E-state index in [4.69, 9.17) is 16.7 Å². The van der Waals surface area contributed by atoms with E-state index in [1.165, 1.54) is 0 Å². The molecule has 2 N–H and O–H groups in total. The number of benzene rings is 1. The third-order valence-corrected chi connectivity index (χ3v) is 3.70. The summed E-state index contributed by atoms with van der Waals surface area (Å²) in [5.41, 5.74) is 1.08. The Hall–Kier alpha value is -1.55. The molecule has 0 saturated heterocycles. The molecule has 5 heteroatoms. The monoisotopic (exact) mass is 283 g/mol. The van der Waals surface area contributed by atoms with E-state index in [-0.39, 0.29) is 5.92 Å². The molecule has 19 heavy (non-hydrogen) atoms. The van der Waals surface area contributed by atoms with Crippen LogP contribution >= 0.6 is 11.6 Å². The van der Waals surface area contributed by atoms with Gasteiger partial charge < -0.3 is 10.4 Å². The van der Waals surface area contributed by atoms with Crippen molar-refractivity contribution in [3.63, 3.8) is 0 Å². The second-order valence-corrected chi connectivity index (χ2v) is 4.99. The minimum Gasteiger partial charge on any atom is -0.480 e. The number of hydrogen-bond donors (Lipinski definition) is 2. The first-order valence-electron chi connectivity index (χ1n) is 6.17. The van der Waals surface area contributed by atoms with Crippen LogP contribution in [0.2, 0.25) is 5.02 Å². The van der Waals surface area contributed by atoms with Crippen molar-refractivity contribution in [3.8, 4) is 0 Å². The first kappa shape index (κ1) is 15.5. The maximum Gasteiger partial charge on any atom is 0.326 e. The highest BCUT2D eigenvalue weighted by Gasteiger charge is 2.26. The average molecular weight is 284 g/mol. The van der Waals surface area contributed by atoms with Gasteiger partial charge in [0.1, 0.15) is 6.04 Å². The first-order valence-corrected chi connectivity index (χ1v) is 6.55. The molecule has 1 rings (SSSR count). The fourth-order valence-electron chi connectivity index (χ4n) is 1.72. The lowest BCUT2D eigenvalue weighted by Crippen LogP contribution is -2.45. The topological polar surface area (TPSA) is 66.4 Å². The highest BCUT2D eigenvalue weighted by atomic mass is 35.5. The van der Waals surface area contributed by atoms with Gasteiger partial charge in [-0.15, -0.1) is 0 Å². The Kier molecular flexibility index (Phi) is 5.36. The van der Waals surface area contributed by atoms with Gasteiger partial charge in [-0.05, 0) is 24.5 Å². The van der Waals surface area contributed by atoms with Crippen LogP contribution in [-0.4, -0.2) is 23.0 Å². The van der Waals surface area contributed by atoms with E-state index in [2.05, 4.69) is 5.32 Å². The van der Waals surface area contributed by atoms with Crippen LogP contribution in [0, 0.1) is 12.8 Å². The molecule has 0 spiro atoms. The second kappa shape index (κ2) is 6.57. The lowest BCUT2D eigenvalue weighted by atomic mass is 9.99. The van der Waals surface area contributed by atoms with Crippen molar-refractivity contribution < 1.29 is 14.7 Å². The summed E-state index contributed by atoms with van der Waals surface area (Å²) in [7, 11) is 0. The van der Waals surface area contributed by atoms with E-state index in [0.717, 1.165) is 5.56 Å². The zero-order chi connectivity index (χ0) is 14.6. The molecule has 0 aliphatic carbocycles. The van der Waals surface area contributed by atoms with E-state index < -0.39 is 17.9 Å². The first-order chi connectivity index (χ1) is 8.88. The summed E-state index contributed by atoms with van der Waals surface area (Å²) in [4.78, 5) is 23.3. The van der Waals surface area contributed by atoms with Gasteiger partial charge in [0, 0.05) is 0 Å². The van der Waals surface area contributed by atoms with E-state index >= 15 is 0 Å². The molecule has 1 amide bonds. The summed E-state index contributed by atoms with van der Waals surface area (Å²) in [6.45, 7) is 5.46. The van der Waals surface area contributed by atoms with Crippen molar-refractivity contribution >= 4 is 23.5 Å². The minimum absolute atomic E-state index is 0.148. The summed E-state index contributed by atoms with van der Waals surface area (Å²) in [6.07, 6.45) is 0.665. The summed E-state index contributed by atoms with van der Waals surface area (Å²) < 4.78 is 0. The van der Waals surface area contributed by atoms with Crippen molar-refractivity contribution in [3.05, 3.63) is 34.3 Å². The van der Waals surface area contributed by atoms with Gasteiger partial charge in [-0.2, -0.15) is 0 Å². The van der Waals surface area contributed by atoms with Crippen molar-refractivity contribution in [1.29, 1.82) is 0 Å². The Morgan fingerprint density at radius 2 is 2.05 bits per heavy atom. The molecule has 0 heterocycles. The Morgan fingerprint density at radius 3 is 2.58 bits per heavy atom. The van der Waals surface area contributed by atoms with E-state index in [9.17, 15) is 9.59 Å². The lowest BCUT2D eigenvalue weighted by Gasteiger charge is -2.20. The van der Waals surface area contributed by atoms with Crippen LogP contribution in [0.15, 0.2) is 18.2 Å². The second-order valence-electron chi connectivity index (χ2n) is 4.61. The SMILES string of the molecule is CC[C@H](C)[C@H](NC(=O)c1cccc(C)c1Cl)C(=O)O. The molecule has 0 radical (unpaired) electrons. The lowest BCUT2D eigenvalue weighted by molar-refractivity contribution is -0.140. The standard InChI is InChI=1S/C14H18ClNO3/c1-4-8(2)12(14(18)19)16-13(17)10-7-5-6-9(3)11(10)15/h5-8,12H,4H2,1-3H3,(H,16,17)(H,18,19)/t8-,12-/m0/s1. The minimum atomic E-state index is -1.04. The smallest absolute Gasteiger partial charge is 0.326 e. The van der Waals surface area contributed by atoms with Gasteiger partial charge in [-0.25, -0.2) is 4.79 Å². The van der Waals surface area contributed by atoms with Gasteiger partial charge in [0.15, 0.2) is 0 Å². The quantitative estimate of drug-likeness (QED) is 0.873. The number of carboxylic acid groups (broad SMARTS) is 1. The van der Waals surface area contributed by atoms with Gasteiger partial charge in [0.2, 0.25) is 0 Å². The van der Waals surface area contributed by atoms with Crippen LogP contribution in [0.1, 0.15) is 36.2 Å². The van der Waals surface area contributed by atoms with Crippen molar-refractivity contribution in [2.45, 2.75) is 33.2 Å². The van der Waals surface area contributed by atoms with E-state index in [1.807, 2.05) is 6.92 Å². The summed E-state index contributed by atoms with van der Waals surface area (Å²) in [5.74, 6) is -1.64. The number of hydrogen-bond acceptors (Lipinski definition) is 2. The predicted molar refractivity (Wildman–Crippen MR) is 74.5 cm³/mol. The molecule has 0 aliphatic heterocycles. The Bertz CT molecular complexity index is 488. The van der Waals surface area contributed by atoms with Crippen LogP contribution in [-0.2, 0) is 4.79 Å². The van der Waals surface area contributed by atoms with Crippen molar-refractivity contribution in [1.82, 2.24) is 5.32 Å². The molecule has 0 unspecified atom stereocenters. The van der Waals surface area contributed by atoms with Crippen LogP contribution < -0.4 is 5.32 Å². The number of carboxylic acids is 1.